The Hall–Kier alpha value is -1.01. The smallest absolute Gasteiger partial charge is 0.407 e. The second-order valence-corrected chi connectivity index (χ2v) is 8.12. The number of rotatable bonds is 3. The van der Waals surface area contributed by atoms with Crippen LogP contribution in [0.3, 0.4) is 0 Å². The predicted octanol–water partition coefficient (Wildman–Crippen LogP) is 4.75. The van der Waals surface area contributed by atoms with Crippen LogP contribution in [0.1, 0.15) is 46.5 Å². The van der Waals surface area contributed by atoms with Gasteiger partial charge in [0.25, 0.3) is 0 Å². The fourth-order valence-electron chi connectivity index (χ4n) is 2.67. The maximum absolute atomic E-state index is 11.9. The molecule has 1 fully saturated rings. The number of alkyl carbamates (subject to hydrolysis) is 1. The van der Waals surface area contributed by atoms with Gasteiger partial charge in [0, 0.05) is 22.8 Å². The third-order valence-corrected chi connectivity index (χ3v) is 4.30. The number of carbonyl (C=O) groups excluding carboxylic acids is 1. The van der Waals surface area contributed by atoms with Gasteiger partial charge in [-0.2, -0.15) is 0 Å². The molecule has 2 rings (SSSR count). The van der Waals surface area contributed by atoms with E-state index in [1.165, 1.54) is 0 Å². The van der Waals surface area contributed by atoms with Crippen molar-refractivity contribution in [1.29, 1.82) is 0 Å². The summed E-state index contributed by atoms with van der Waals surface area (Å²) in [7, 11) is 0. The predicted molar refractivity (Wildman–Crippen MR) is 96.0 cm³/mol. The molecule has 0 aliphatic heterocycles. The van der Waals surface area contributed by atoms with Crippen LogP contribution >= 0.6 is 27.5 Å². The standard InChI is InChI=1S/C16H23BrClN3O2/c1-16(2,3)23-15(22)21-12-6-4-5-11(8-12)20-13-7-10(17)9-19-14(13)18/h7,9,11-12,20H,4-6,8H2,1-3H3,(H,21,22). The van der Waals surface area contributed by atoms with Gasteiger partial charge in [0.05, 0.1) is 5.69 Å². The van der Waals surface area contributed by atoms with E-state index in [1.807, 2.05) is 26.8 Å². The van der Waals surface area contributed by atoms with Gasteiger partial charge in [0.15, 0.2) is 5.15 Å². The summed E-state index contributed by atoms with van der Waals surface area (Å²) in [6.07, 6.45) is 5.18. The van der Waals surface area contributed by atoms with Gasteiger partial charge in [0.1, 0.15) is 5.60 Å². The number of amides is 1. The fourth-order valence-corrected chi connectivity index (χ4v) is 3.16. The number of aromatic nitrogens is 1. The first kappa shape index (κ1) is 18.3. The van der Waals surface area contributed by atoms with Crippen LogP contribution in [0.15, 0.2) is 16.7 Å². The normalized spacial score (nSPS) is 21.6. The number of ether oxygens (including phenoxy) is 1. The highest BCUT2D eigenvalue weighted by Crippen LogP contribution is 2.28. The van der Waals surface area contributed by atoms with Crippen molar-refractivity contribution in [1.82, 2.24) is 10.3 Å². The van der Waals surface area contributed by atoms with Crippen molar-refractivity contribution in [3.63, 3.8) is 0 Å². The van der Waals surface area contributed by atoms with Crippen molar-refractivity contribution in [2.75, 3.05) is 5.32 Å². The van der Waals surface area contributed by atoms with E-state index in [0.29, 0.717) is 5.15 Å². The Balaban J connectivity index is 1.90. The molecule has 0 radical (unpaired) electrons. The van der Waals surface area contributed by atoms with E-state index >= 15 is 0 Å². The highest BCUT2D eigenvalue weighted by Gasteiger charge is 2.25. The highest BCUT2D eigenvalue weighted by atomic mass is 79.9. The van der Waals surface area contributed by atoms with Crippen LogP contribution in [-0.2, 0) is 4.74 Å². The molecule has 0 saturated heterocycles. The first-order valence-corrected chi connectivity index (χ1v) is 8.97. The second-order valence-electron chi connectivity index (χ2n) is 6.84. The molecule has 1 aromatic rings. The third kappa shape index (κ3) is 6.18. The molecule has 1 aliphatic carbocycles. The number of hydrogen-bond donors (Lipinski definition) is 2. The van der Waals surface area contributed by atoms with Gasteiger partial charge < -0.3 is 15.4 Å². The molecule has 1 saturated carbocycles. The molecule has 128 valence electrons. The molecule has 0 aromatic carbocycles. The summed E-state index contributed by atoms with van der Waals surface area (Å²) in [4.78, 5) is 16.0. The quantitative estimate of drug-likeness (QED) is 0.714. The molecule has 0 bridgehead atoms. The van der Waals surface area contributed by atoms with Gasteiger partial charge in [-0.05, 0) is 68.5 Å². The molecule has 2 atom stereocenters. The first-order valence-electron chi connectivity index (χ1n) is 7.80. The van der Waals surface area contributed by atoms with Crippen LogP contribution in [0, 0.1) is 0 Å². The number of hydrogen-bond acceptors (Lipinski definition) is 4. The lowest BCUT2D eigenvalue weighted by atomic mass is 9.91. The van der Waals surface area contributed by atoms with Gasteiger partial charge in [-0.15, -0.1) is 0 Å². The molecule has 1 heterocycles. The number of nitrogens with zero attached hydrogens (tertiary/aromatic N) is 1. The van der Waals surface area contributed by atoms with Gasteiger partial charge in [-0.1, -0.05) is 11.6 Å². The Morgan fingerprint density at radius 1 is 1.39 bits per heavy atom. The van der Waals surface area contributed by atoms with Crippen molar-refractivity contribution in [3.05, 3.63) is 21.9 Å². The number of anilines is 1. The van der Waals surface area contributed by atoms with Crippen LogP contribution < -0.4 is 10.6 Å². The van der Waals surface area contributed by atoms with Crippen LogP contribution in [-0.4, -0.2) is 28.8 Å². The largest absolute Gasteiger partial charge is 0.444 e. The molecule has 7 heteroatoms. The lowest BCUT2D eigenvalue weighted by Gasteiger charge is -2.31. The molecule has 23 heavy (non-hydrogen) atoms. The number of halogens is 2. The molecule has 2 unspecified atom stereocenters. The van der Waals surface area contributed by atoms with E-state index in [0.717, 1.165) is 35.8 Å². The van der Waals surface area contributed by atoms with Crippen LogP contribution in [0.4, 0.5) is 10.5 Å². The maximum Gasteiger partial charge on any atom is 0.407 e. The zero-order valence-electron chi connectivity index (χ0n) is 13.7. The Morgan fingerprint density at radius 2 is 2.09 bits per heavy atom. The minimum Gasteiger partial charge on any atom is -0.444 e. The topological polar surface area (TPSA) is 63.2 Å². The van der Waals surface area contributed by atoms with Gasteiger partial charge in [-0.3, -0.25) is 0 Å². The van der Waals surface area contributed by atoms with Crippen LogP contribution in [0.2, 0.25) is 5.15 Å². The number of pyridine rings is 1. The van der Waals surface area contributed by atoms with E-state index in [4.69, 9.17) is 16.3 Å². The first-order chi connectivity index (χ1) is 10.7. The minimum atomic E-state index is -0.480. The second kappa shape index (κ2) is 7.71. The summed E-state index contributed by atoms with van der Waals surface area (Å²) in [6, 6.07) is 2.27. The number of nitrogens with one attached hydrogen (secondary N) is 2. The van der Waals surface area contributed by atoms with Crippen molar-refractivity contribution in [3.8, 4) is 0 Å². The zero-order valence-corrected chi connectivity index (χ0v) is 16.0. The average Bonchev–Trinajstić information content (AvgIpc) is 2.41. The Labute approximate surface area is 150 Å². The molecule has 1 aromatic heterocycles. The molecular weight excluding hydrogens is 382 g/mol. The minimum absolute atomic E-state index is 0.106. The number of carbonyl (C=O) groups is 1. The van der Waals surface area contributed by atoms with Crippen molar-refractivity contribution in [2.24, 2.45) is 0 Å². The molecular formula is C16H23BrClN3O2. The molecule has 1 aliphatic rings. The SMILES string of the molecule is CC(C)(C)OC(=O)NC1CCCC(Nc2cc(Br)cnc2Cl)C1. The van der Waals surface area contributed by atoms with E-state index < -0.39 is 5.60 Å². The van der Waals surface area contributed by atoms with Gasteiger partial charge in [0.2, 0.25) is 0 Å². The molecule has 0 spiro atoms. The van der Waals surface area contributed by atoms with Crippen LogP contribution in [0.25, 0.3) is 0 Å². The zero-order chi connectivity index (χ0) is 17.0. The third-order valence-electron chi connectivity index (χ3n) is 3.56. The van der Waals surface area contributed by atoms with E-state index in [-0.39, 0.29) is 18.2 Å². The molecule has 2 N–H and O–H groups in total. The van der Waals surface area contributed by atoms with E-state index in [1.54, 1.807) is 6.20 Å². The molecule has 1 amide bonds. The molecule has 5 nitrogen and oxygen atoms in total. The van der Waals surface area contributed by atoms with Gasteiger partial charge in [-0.25, -0.2) is 9.78 Å². The Bertz CT molecular complexity index is 563. The summed E-state index contributed by atoms with van der Waals surface area (Å²) >= 11 is 9.52. The summed E-state index contributed by atoms with van der Waals surface area (Å²) in [5, 5.41) is 6.84. The summed E-state index contributed by atoms with van der Waals surface area (Å²) in [5.74, 6) is 0. The summed E-state index contributed by atoms with van der Waals surface area (Å²) in [5.41, 5.74) is 0.329. The van der Waals surface area contributed by atoms with Crippen molar-refractivity contribution >= 4 is 39.3 Å². The van der Waals surface area contributed by atoms with Crippen molar-refractivity contribution < 1.29 is 9.53 Å². The lowest BCUT2D eigenvalue weighted by Crippen LogP contribution is -2.43. The summed E-state index contributed by atoms with van der Waals surface area (Å²) in [6.45, 7) is 5.58. The van der Waals surface area contributed by atoms with Crippen LogP contribution in [0.5, 0.6) is 0 Å². The lowest BCUT2D eigenvalue weighted by molar-refractivity contribution is 0.0492. The van der Waals surface area contributed by atoms with E-state index in [9.17, 15) is 4.79 Å². The average molecular weight is 405 g/mol. The van der Waals surface area contributed by atoms with E-state index in [2.05, 4.69) is 31.5 Å². The highest BCUT2D eigenvalue weighted by molar-refractivity contribution is 9.10. The summed E-state index contributed by atoms with van der Waals surface area (Å²) < 4.78 is 6.20. The Morgan fingerprint density at radius 3 is 2.78 bits per heavy atom. The fraction of sp³-hybridized carbons (Fsp3) is 0.625. The monoisotopic (exact) mass is 403 g/mol. The van der Waals surface area contributed by atoms with Crippen molar-refractivity contribution in [2.45, 2.75) is 64.1 Å². The Kier molecular flexibility index (Phi) is 6.14. The maximum atomic E-state index is 11.9. The van der Waals surface area contributed by atoms with Gasteiger partial charge >= 0.3 is 6.09 Å².